The molecular weight excluding hydrogens is 217 g/mol. The van der Waals surface area contributed by atoms with Gasteiger partial charge < -0.3 is 5.73 Å². The molecule has 0 aliphatic heterocycles. The van der Waals surface area contributed by atoms with E-state index in [1.54, 1.807) is 6.20 Å². The van der Waals surface area contributed by atoms with Crippen molar-refractivity contribution in [2.75, 3.05) is 0 Å². The maximum atomic E-state index is 12.9. The Morgan fingerprint density at radius 1 is 1.29 bits per heavy atom. The molecule has 17 heavy (non-hydrogen) atoms. The Balaban J connectivity index is 1.90. The summed E-state index contributed by atoms with van der Waals surface area (Å²) in [4.78, 5) is 0. The van der Waals surface area contributed by atoms with Gasteiger partial charge in [0.15, 0.2) is 0 Å². The first-order valence-electron chi connectivity index (χ1n) is 5.77. The number of rotatable bonds is 1. The van der Waals surface area contributed by atoms with Crippen LogP contribution in [-0.2, 0) is 6.42 Å². The zero-order chi connectivity index (χ0) is 11.8. The van der Waals surface area contributed by atoms with Crippen molar-refractivity contribution >= 4 is 0 Å². The van der Waals surface area contributed by atoms with Gasteiger partial charge in [0.1, 0.15) is 5.82 Å². The third-order valence-corrected chi connectivity index (χ3v) is 3.48. The minimum atomic E-state index is -0.198. The van der Waals surface area contributed by atoms with Gasteiger partial charge in [-0.25, -0.2) is 4.39 Å². The SMILES string of the molecule is NC1CC(c2ccc(F)cc2)Cc2[nH]ncc21. The molecule has 1 aliphatic rings. The average molecular weight is 231 g/mol. The van der Waals surface area contributed by atoms with Gasteiger partial charge in [0.25, 0.3) is 0 Å². The summed E-state index contributed by atoms with van der Waals surface area (Å²) < 4.78 is 12.9. The molecule has 2 unspecified atom stereocenters. The van der Waals surface area contributed by atoms with Crippen LogP contribution in [-0.4, -0.2) is 10.2 Å². The van der Waals surface area contributed by atoms with Crippen molar-refractivity contribution < 1.29 is 4.39 Å². The Bertz CT molecular complexity index is 518. The van der Waals surface area contributed by atoms with Gasteiger partial charge in [-0.1, -0.05) is 12.1 Å². The van der Waals surface area contributed by atoms with Gasteiger partial charge in [0, 0.05) is 17.3 Å². The summed E-state index contributed by atoms with van der Waals surface area (Å²) in [5.41, 5.74) is 9.48. The number of nitrogens with two attached hydrogens (primary N) is 1. The number of nitrogens with zero attached hydrogens (tertiary/aromatic N) is 1. The summed E-state index contributed by atoms with van der Waals surface area (Å²) >= 11 is 0. The van der Waals surface area contributed by atoms with E-state index in [4.69, 9.17) is 5.73 Å². The van der Waals surface area contributed by atoms with E-state index in [-0.39, 0.29) is 11.9 Å². The molecule has 88 valence electrons. The monoisotopic (exact) mass is 231 g/mol. The van der Waals surface area contributed by atoms with Crippen LogP contribution in [0.2, 0.25) is 0 Å². The Labute approximate surface area is 98.8 Å². The molecule has 0 radical (unpaired) electrons. The largest absolute Gasteiger partial charge is 0.324 e. The first kappa shape index (κ1) is 10.5. The number of aromatic amines is 1. The molecule has 0 fully saturated rings. The Morgan fingerprint density at radius 3 is 2.82 bits per heavy atom. The van der Waals surface area contributed by atoms with Crippen molar-refractivity contribution in [2.45, 2.75) is 24.8 Å². The van der Waals surface area contributed by atoms with Crippen LogP contribution in [0.5, 0.6) is 0 Å². The number of hydrogen-bond acceptors (Lipinski definition) is 2. The normalized spacial score (nSPS) is 23.4. The number of halogens is 1. The molecule has 1 heterocycles. The van der Waals surface area contributed by atoms with E-state index in [0.717, 1.165) is 29.7 Å². The van der Waals surface area contributed by atoms with Gasteiger partial charge in [-0.15, -0.1) is 0 Å². The number of aromatic nitrogens is 2. The summed E-state index contributed by atoms with van der Waals surface area (Å²) in [6, 6.07) is 6.71. The highest BCUT2D eigenvalue weighted by molar-refractivity contribution is 5.30. The lowest BCUT2D eigenvalue weighted by Crippen LogP contribution is -2.22. The lowest BCUT2D eigenvalue weighted by Gasteiger charge is -2.26. The third-order valence-electron chi connectivity index (χ3n) is 3.48. The number of fused-ring (bicyclic) bond motifs is 1. The minimum Gasteiger partial charge on any atom is -0.324 e. The van der Waals surface area contributed by atoms with Gasteiger partial charge >= 0.3 is 0 Å². The second-order valence-corrected chi connectivity index (χ2v) is 4.60. The van der Waals surface area contributed by atoms with Crippen molar-refractivity contribution in [3.63, 3.8) is 0 Å². The fourth-order valence-corrected chi connectivity index (χ4v) is 2.56. The third kappa shape index (κ3) is 1.85. The Morgan fingerprint density at radius 2 is 2.06 bits per heavy atom. The fourth-order valence-electron chi connectivity index (χ4n) is 2.56. The van der Waals surface area contributed by atoms with Crippen LogP contribution in [0, 0.1) is 5.82 Å². The number of benzene rings is 1. The molecule has 0 bridgehead atoms. The number of H-pyrrole nitrogens is 1. The standard InChI is InChI=1S/C13H14FN3/c14-10-3-1-8(2-4-10)9-5-12(15)11-7-16-17-13(11)6-9/h1-4,7,9,12H,5-6,15H2,(H,16,17). The average Bonchev–Trinajstić information content (AvgIpc) is 2.78. The topological polar surface area (TPSA) is 54.7 Å². The first-order valence-corrected chi connectivity index (χ1v) is 5.77. The van der Waals surface area contributed by atoms with Gasteiger partial charge in [-0.3, -0.25) is 5.10 Å². The van der Waals surface area contributed by atoms with Crippen LogP contribution in [0.4, 0.5) is 4.39 Å². The highest BCUT2D eigenvalue weighted by atomic mass is 19.1. The van der Waals surface area contributed by atoms with E-state index in [1.807, 2.05) is 12.1 Å². The van der Waals surface area contributed by atoms with Crippen LogP contribution in [0.15, 0.2) is 30.5 Å². The predicted molar refractivity (Wildman–Crippen MR) is 63.0 cm³/mol. The summed E-state index contributed by atoms with van der Waals surface area (Å²) in [6.07, 6.45) is 3.59. The van der Waals surface area contributed by atoms with Crippen LogP contribution in [0.3, 0.4) is 0 Å². The molecule has 0 saturated heterocycles. The van der Waals surface area contributed by atoms with E-state index in [1.165, 1.54) is 12.1 Å². The highest BCUT2D eigenvalue weighted by Crippen LogP contribution is 2.36. The van der Waals surface area contributed by atoms with Crippen LogP contribution in [0.25, 0.3) is 0 Å². The summed E-state index contributed by atoms with van der Waals surface area (Å²) in [6.45, 7) is 0. The lowest BCUT2D eigenvalue weighted by atomic mass is 9.81. The van der Waals surface area contributed by atoms with Gasteiger partial charge in [0.05, 0.1) is 6.20 Å². The van der Waals surface area contributed by atoms with Crippen LogP contribution in [0.1, 0.15) is 35.2 Å². The highest BCUT2D eigenvalue weighted by Gasteiger charge is 2.26. The van der Waals surface area contributed by atoms with E-state index >= 15 is 0 Å². The van der Waals surface area contributed by atoms with Crippen molar-refractivity contribution in [3.05, 3.63) is 53.1 Å². The molecule has 3 N–H and O–H groups in total. The molecule has 3 rings (SSSR count). The second-order valence-electron chi connectivity index (χ2n) is 4.60. The zero-order valence-electron chi connectivity index (χ0n) is 9.36. The molecule has 1 aromatic heterocycles. The van der Waals surface area contributed by atoms with E-state index in [2.05, 4.69) is 10.2 Å². The van der Waals surface area contributed by atoms with Crippen LogP contribution < -0.4 is 5.73 Å². The molecule has 0 spiro atoms. The lowest BCUT2D eigenvalue weighted by molar-refractivity contribution is 0.498. The van der Waals surface area contributed by atoms with Crippen molar-refractivity contribution in [1.82, 2.24) is 10.2 Å². The Hall–Kier alpha value is -1.68. The molecule has 1 aromatic carbocycles. The fraction of sp³-hybridized carbons (Fsp3) is 0.308. The van der Waals surface area contributed by atoms with E-state index in [0.29, 0.717) is 5.92 Å². The molecule has 4 heteroatoms. The maximum Gasteiger partial charge on any atom is 0.123 e. The van der Waals surface area contributed by atoms with E-state index < -0.39 is 0 Å². The molecular formula is C13H14FN3. The quantitative estimate of drug-likeness (QED) is 0.791. The summed E-state index contributed by atoms with van der Waals surface area (Å²) in [5.74, 6) is 0.148. The first-order chi connectivity index (χ1) is 8.24. The van der Waals surface area contributed by atoms with Crippen molar-refractivity contribution in [3.8, 4) is 0 Å². The predicted octanol–water partition coefficient (Wildman–Crippen LogP) is 2.28. The van der Waals surface area contributed by atoms with Gasteiger partial charge in [0.2, 0.25) is 0 Å². The molecule has 2 aromatic rings. The maximum absolute atomic E-state index is 12.9. The van der Waals surface area contributed by atoms with Crippen molar-refractivity contribution in [2.24, 2.45) is 5.73 Å². The minimum absolute atomic E-state index is 0.0209. The smallest absolute Gasteiger partial charge is 0.123 e. The molecule has 0 saturated carbocycles. The molecule has 3 nitrogen and oxygen atoms in total. The number of hydrogen-bond donors (Lipinski definition) is 2. The summed E-state index contributed by atoms with van der Waals surface area (Å²) in [5, 5.41) is 7.03. The second kappa shape index (κ2) is 3.96. The van der Waals surface area contributed by atoms with E-state index in [9.17, 15) is 4.39 Å². The molecule has 1 aliphatic carbocycles. The van der Waals surface area contributed by atoms with Gasteiger partial charge in [-0.05, 0) is 36.5 Å². The summed E-state index contributed by atoms with van der Waals surface area (Å²) in [7, 11) is 0. The zero-order valence-corrected chi connectivity index (χ0v) is 9.36. The van der Waals surface area contributed by atoms with Crippen molar-refractivity contribution in [1.29, 1.82) is 0 Å². The molecule has 2 atom stereocenters. The number of nitrogens with one attached hydrogen (secondary N) is 1. The Kier molecular flexibility index (Phi) is 2.44. The molecule has 0 amide bonds. The van der Waals surface area contributed by atoms with Gasteiger partial charge in [-0.2, -0.15) is 5.10 Å². The van der Waals surface area contributed by atoms with Crippen LogP contribution >= 0.6 is 0 Å².